The molecule has 0 spiro atoms. The summed E-state index contributed by atoms with van der Waals surface area (Å²) in [6.45, 7) is 2.19. The van der Waals surface area contributed by atoms with Gasteiger partial charge in [0.25, 0.3) is 0 Å². The second kappa shape index (κ2) is 7.17. The highest BCUT2D eigenvalue weighted by molar-refractivity contribution is 6.21. The fraction of sp³-hybridized carbons (Fsp3) is 0.462. The van der Waals surface area contributed by atoms with E-state index >= 15 is 0 Å². The Balaban J connectivity index is 2.57. The van der Waals surface area contributed by atoms with Crippen molar-refractivity contribution in [1.29, 1.82) is 0 Å². The number of methoxy groups -OCH3 is 1. The SMILES string of the molecule is CCOC(=O)CCC(Cl)c1ccccc1OC. The van der Waals surface area contributed by atoms with Crippen LogP contribution >= 0.6 is 11.6 Å². The van der Waals surface area contributed by atoms with Gasteiger partial charge in [-0.2, -0.15) is 0 Å². The van der Waals surface area contributed by atoms with E-state index in [-0.39, 0.29) is 11.3 Å². The first kappa shape index (κ1) is 13.8. The zero-order valence-electron chi connectivity index (χ0n) is 10.1. The van der Waals surface area contributed by atoms with Crippen LogP contribution in [0.1, 0.15) is 30.7 Å². The van der Waals surface area contributed by atoms with Crippen LogP contribution in [0.3, 0.4) is 0 Å². The molecule has 0 aliphatic rings. The molecule has 0 heterocycles. The predicted octanol–water partition coefficient (Wildman–Crippen LogP) is 3.32. The quantitative estimate of drug-likeness (QED) is 0.579. The van der Waals surface area contributed by atoms with E-state index in [4.69, 9.17) is 21.1 Å². The standard InChI is InChI=1S/C13H17ClO3/c1-3-17-13(15)9-8-11(14)10-6-4-5-7-12(10)16-2/h4-7,11H,3,8-9H2,1-2H3. The Morgan fingerprint density at radius 3 is 2.76 bits per heavy atom. The van der Waals surface area contributed by atoms with Crippen LogP contribution in [0, 0.1) is 0 Å². The maximum atomic E-state index is 11.2. The van der Waals surface area contributed by atoms with Crippen LogP contribution < -0.4 is 4.74 Å². The molecule has 4 heteroatoms. The summed E-state index contributed by atoms with van der Waals surface area (Å²) >= 11 is 6.25. The van der Waals surface area contributed by atoms with E-state index in [1.165, 1.54) is 0 Å². The van der Waals surface area contributed by atoms with E-state index < -0.39 is 0 Å². The minimum atomic E-state index is -0.240. The Hall–Kier alpha value is -1.22. The van der Waals surface area contributed by atoms with E-state index in [0.29, 0.717) is 19.4 Å². The van der Waals surface area contributed by atoms with Crippen molar-refractivity contribution in [3.8, 4) is 5.75 Å². The molecule has 17 heavy (non-hydrogen) atoms. The Morgan fingerprint density at radius 1 is 1.41 bits per heavy atom. The lowest BCUT2D eigenvalue weighted by atomic mass is 10.1. The van der Waals surface area contributed by atoms with Gasteiger partial charge in [0.15, 0.2) is 0 Å². The lowest BCUT2D eigenvalue weighted by Gasteiger charge is -2.13. The molecule has 0 bridgehead atoms. The molecule has 1 atom stereocenters. The molecule has 94 valence electrons. The van der Waals surface area contributed by atoms with Gasteiger partial charge in [0.2, 0.25) is 0 Å². The van der Waals surface area contributed by atoms with Crippen molar-refractivity contribution in [2.45, 2.75) is 25.1 Å². The van der Waals surface area contributed by atoms with Crippen LogP contribution in [0.15, 0.2) is 24.3 Å². The molecule has 0 aromatic heterocycles. The maximum Gasteiger partial charge on any atom is 0.305 e. The molecule has 0 fully saturated rings. The Morgan fingerprint density at radius 2 is 2.12 bits per heavy atom. The molecule has 0 radical (unpaired) electrons. The summed E-state index contributed by atoms with van der Waals surface area (Å²) in [6, 6.07) is 7.55. The first-order chi connectivity index (χ1) is 8.19. The van der Waals surface area contributed by atoms with Crippen LogP contribution in [-0.2, 0) is 9.53 Å². The number of esters is 1. The molecule has 1 rings (SSSR count). The van der Waals surface area contributed by atoms with Crippen LogP contribution in [0.2, 0.25) is 0 Å². The lowest BCUT2D eigenvalue weighted by Crippen LogP contribution is -2.05. The van der Waals surface area contributed by atoms with Gasteiger partial charge in [0.05, 0.1) is 19.1 Å². The third-order valence-corrected chi connectivity index (χ3v) is 2.84. The number of alkyl halides is 1. The highest BCUT2D eigenvalue weighted by Gasteiger charge is 2.14. The molecule has 1 unspecified atom stereocenters. The van der Waals surface area contributed by atoms with Gasteiger partial charge < -0.3 is 9.47 Å². The Bertz CT molecular complexity index is 365. The summed E-state index contributed by atoms with van der Waals surface area (Å²) in [5.74, 6) is 0.532. The van der Waals surface area contributed by atoms with Crippen molar-refractivity contribution in [3.63, 3.8) is 0 Å². The zero-order valence-corrected chi connectivity index (χ0v) is 10.9. The van der Waals surface area contributed by atoms with Crippen LogP contribution in [0.4, 0.5) is 0 Å². The third-order valence-electron chi connectivity index (χ3n) is 2.38. The minimum Gasteiger partial charge on any atom is -0.496 e. The second-order valence-corrected chi connectivity index (χ2v) is 4.08. The van der Waals surface area contributed by atoms with Crippen LogP contribution in [0.25, 0.3) is 0 Å². The van der Waals surface area contributed by atoms with E-state index in [2.05, 4.69) is 0 Å². The van der Waals surface area contributed by atoms with Gasteiger partial charge in [-0.15, -0.1) is 11.6 Å². The van der Waals surface area contributed by atoms with Crippen LogP contribution in [0.5, 0.6) is 5.75 Å². The number of para-hydroxylation sites is 1. The lowest BCUT2D eigenvalue weighted by molar-refractivity contribution is -0.143. The van der Waals surface area contributed by atoms with Gasteiger partial charge in [-0.05, 0) is 19.4 Å². The highest BCUT2D eigenvalue weighted by atomic mass is 35.5. The molecule has 0 amide bonds. The fourth-order valence-electron chi connectivity index (χ4n) is 1.56. The Kier molecular flexibility index (Phi) is 5.84. The second-order valence-electron chi connectivity index (χ2n) is 3.55. The summed E-state index contributed by atoms with van der Waals surface area (Å²) in [5.41, 5.74) is 0.904. The van der Waals surface area contributed by atoms with Gasteiger partial charge >= 0.3 is 5.97 Å². The number of ether oxygens (including phenoxy) is 2. The fourth-order valence-corrected chi connectivity index (χ4v) is 1.85. The highest BCUT2D eigenvalue weighted by Crippen LogP contribution is 2.32. The van der Waals surface area contributed by atoms with Gasteiger partial charge in [-0.25, -0.2) is 0 Å². The number of carbonyl (C=O) groups excluding carboxylic acids is 1. The molecule has 0 saturated carbocycles. The molecule has 0 N–H and O–H groups in total. The van der Waals surface area contributed by atoms with Gasteiger partial charge in [0.1, 0.15) is 5.75 Å². The minimum absolute atomic E-state index is 0.215. The van der Waals surface area contributed by atoms with Gasteiger partial charge in [0, 0.05) is 12.0 Å². The first-order valence-electron chi connectivity index (χ1n) is 5.61. The summed E-state index contributed by atoms with van der Waals surface area (Å²) in [4.78, 5) is 11.2. The van der Waals surface area contributed by atoms with Gasteiger partial charge in [-0.1, -0.05) is 18.2 Å². The van der Waals surface area contributed by atoms with Crippen molar-refractivity contribution >= 4 is 17.6 Å². The van der Waals surface area contributed by atoms with Crippen molar-refractivity contribution in [2.75, 3.05) is 13.7 Å². The van der Waals surface area contributed by atoms with Gasteiger partial charge in [-0.3, -0.25) is 4.79 Å². The molecule has 0 aliphatic heterocycles. The third kappa shape index (κ3) is 4.27. The number of rotatable bonds is 6. The molecule has 1 aromatic carbocycles. The first-order valence-corrected chi connectivity index (χ1v) is 6.05. The largest absolute Gasteiger partial charge is 0.496 e. The van der Waals surface area contributed by atoms with Crippen molar-refractivity contribution < 1.29 is 14.3 Å². The number of hydrogen-bond acceptors (Lipinski definition) is 3. The molecule has 3 nitrogen and oxygen atoms in total. The smallest absolute Gasteiger partial charge is 0.305 e. The summed E-state index contributed by atoms with van der Waals surface area (Å²) in [6.07, 6.45) is 0.862. The van der Waals surface area contributed by atoms with E-state index in [1.54, 1.807) is 14.0 Å². The molecule has 0 saturated heterocycles. The summed E-state index contributed by atoms with van der Waals surface area (Å²) in [5, 5.41) is -0.240. The number of carbonyl (C=O) groups is 1. The monoisotopic (exact) mass is 256 g/mol. The summed E-state index contributed by atoms with van der Waals surface area (Å²) < 4.78 is 10.1. The van der Waals surface area contributed by atoms with E-state index in [9.17, 15) is 4.79 Å². The number of benzene rings is 1. The zero-order chi connectivity index (χ0) is 12.7. The van der Waals surface area contributed by atoms with Crippen LogP contribution in [-0.4, -0.2) is 19.7 Å². The average molecular weight is 257 g/mol. The molecule has 1 aromatic rings. The number of halogens is 1. The molecular weight excluding hydrogens is 240 g/mol. The number of hydrogen-bond donors (Lipinski definition) is 0. The maximum absolute atomic E-state index is 11.2. The summed E-state index contributed by atoms with van der Waals surface area (Å²) in [7, 11) is 1.60. The normalized spacial score (nSPS) is 11.9. The topological polar surface area (TPSA) is 35.5 Å². The molecule has 0 aliphatic carbocycles. The van der Waals surface area contributed by atoms with Crippen molar-refractivity contribution in [3.05, 3.63) is 29.8 Å². The van der Waals surface area contributed by atoms with E-state index in [0.717, 1.165) is 11.3 Å². The average Bonchev–Trinajstić information content (AvgIpc) is 2.36. The predicted molar refractivity (Wildman–Crippen MR) is 67.5 cm³/mol. The van der Waals surface area contributed by atoms with E-state index in [1.807, 2.05) is 24.3 Å². The molecular formula is C13H17ClO3. The van der Waals surface area contributed by atoms with Crippen molar-refractivity contribution in [1.82, 2.24) is 0 Å². The Labute approximate surface area is 107 Å². The van der Waals surface area contributed by atoms with Crippen molar-refractivity contribution in [2.24, 2.45) is 0 Å².